The van der Waals surface area contributed by atoms with Crippen LogP contribution in [0.5, 0.6) is 0 Å². The zero-order valence-corrected chi connectivity index (χ0v) is 17.4. The Morgan fingerprint density at radius 1 is 1.28 bits per heavy atom. The van der Waals surface area contributed by atoms with Crippen LogP contribution < -0.4 is 10.2 Å². The molecule has 0 spiro atoms. The van der Waals surface area contributed by atoms with Gasteiger partial charge in [-0.3, -0.25) is 4.79 Å². The van der Waals surface area contributed by atoms with Gasteiger partial charge in [0.2, 0.25) is 5.82 Å². The van der Waals surface area contributed by atoms with Gasteiger partial charge in [-0.15, -0.1) is 0 Å². The second-order valence-electron chi connectivity index (χ2n) is 7.78. The van der Waals surface area contributed by atoms with Gasteiger partial charge in [0.25, 0.3) is 5.91 Å². The van der Waals surface area contributed by atoms with Crippen LogP contribution in [-0.4, -0.2) is 63.4 Å². The highest BCUT2D eigenvalue weighted by Crippen LogP contribution is 2.24. The SMILES string of the molecule is Cc1nc(C(=O)N(C)C)nc(N2CC[C@@H](NCc3cccn4ccnc34)C2)c1C. The number of aryl methyl sites for hydroxylation is 1. The summed E-state index contributed by atoms with van der Waals surface area (Å²) in [5.41, 5.74) is 4.05. The van der Waals surface area contributed by atoms with Gasteiger partial charge in [-0.1, -0.05) is 6.07 Å². The Kier molecular flexibility index (Phi) is 5.19. The molecule has 1 aliphatic heterocycles. The van der Waals surface area contributed by atoms with Gasteiger partial charge < -0.3 is 19.5 Å². The van der Waals surface area contributed by atoms with Crippen LogP contribution in [0.25, 0.3) is 5.65 Å². The summed E-state index contributed by atoms with van der Waals surface area (Å²) < 4.78 is 2.04. The van der Waals surface area contributed by atoms with Gasteiger partial charge in [0.05, 0.1) is 0 Å². The number of nitrogens with one attached hydrogen (secondary N) is 1. The molecule has 0 aromatic carbocycles. The van der Waals surface area contributed by atoms with Gasteiger partial charge in [0.1, 0.15) is 11.5 Å². The van der Waals surface area contributed by atoms with Gasteiger partial charge in [0.15, 0.2) is 0 Å². The minimum atomic E-state index is -0.170. The van der Waals surface area contributed by atoms with E-state index in [1.54, 1.807) is 14.1 Å². The van der Waals surface area contributed by atoms with Crippen LogP contribution in [0.3, 0.4) is 0 Å². The standard InChI is InChI=1S/C21H27N7O/c1-14-15(2)24-18(21(29)26(3)4)25-19(14)28-10-7-17(13-28)23-12-16-6-5-9-27-11-8-22-20(16)27/h5-6,8-9,11,17,23H,7,10,12-13H2,1-4H3/t17-/m1/s1. The van der Waals surface area contributed by atoms with Crippen molar-refractivity contribution in [2.45, 2.75) is 32.9 Å². The lowest BCUT2D eigenvalue weighted by molar-refractivity contribution is 0.0815. The minimum absolute atomic E-state index is 0.170. The summed E-state index contributed by atoms with van der Waals surface area (Å²) in [5, 5.41) is 3.66. The first-order valence-electron chi connectivity index (χ1n) is 9.90. The zero-order chi connectivity index (χ0) is 20.5. The van der Waals surface area contributed by atoms with Crippen molar-refractivity contribution < 1.29 is 4.79 Å². The molecular formula is C21H27N7O. The first kappa shape index (κ1) is 19.3. The Hall–Kier alpha value is -3.00. The molecule has 1 saturated heterocycles. The van der Waals surface area contributed by atoms with Crippen LogP contribution in [0.2, 0.25) is 0 Å². The summed E-state index contributed by atoms with van der Waals surface area (Å²) in [7, 11) is 3.44. The molecule has 152 valence electrons. The van der Waals surface area contributed by atoms with Crippen LogP contribution in [-0.2, 0) is 6.54 Å². The third-order valence-corrected chi connectivity index (χ3v) is 5.53. The predicted molar refractivity (Wildman–Crippen MR) is 112 cm³/mol. The number of aromatic nitrogens is 4. The molecule has 1 fully saturated rings. The van der Waals surface area contributed by atoms with Gasteiger partial charge in [0, 0.05) is 75.2 Å². The summed E-state index contributed by atoms with van der Waals surface area (Å²) in [6.07, 6.45) is 6.82. The molecule has 0 unspecified atom stereocenters. The Morgan fingerprint density at radius 3 is 2.90 bits per heavy atom. The maximum absolute atomic E-state index is 12.3. The molecule has 8 heteroatoms. The molecule has 3 aromatic heterocycles. The lowest BCUT2D eigenvalue weighted by Gasteiger charge is -2.22. The predicted octanol–water partition coefficient (Wildman–Crippen LogP) is 1.81. The van der Waals surface area contributed by atoms with E-state index in [2.05, 4.69) is 31.2 Å². The number of fused-ring (bicyclic) bond motifs is 1. The van der Waals surface area contributed by atoms with E-state index in [1.165, 1.54) is 10.5 Å². The average molecular weight is 393 g/mol. The molecule has 0 radical (unpaired) electrons. The van der Waals surface area contributed by atoms with E-state index in [0.717, 1.165) is 48.8 Å². The molecule has 1 amide bonds. The summed E-state index contributed by atoms with van der Waals surface area (Å²) in [6, 6.07) is 4.51. The molecule has 0 bridgehead atoms. The number of carbonyl (C=O) groups is 1. The van der Waals surface area contributed by atoms with Crippen LogP contribution in [0, 0.1) is 13.8 Å². The monoisotopic (exact) mass is 393 g/mol. The van der Waals surface area contributed by atoms with Crippen molar-refractivity contribution in [2.75, 3.05) is 32.1 Å². The van der Waals surface area contributed by atoms with Gasteiger partial charge in [-0.25, -0.2) is 15.0 Å². The van der Waals surface area contributed by atoms with Crippen molar-refractivity contribution in [3.63, 3.8) is 0 Å². The number of hydrogen-bond acceptors (Lipinski definition) is 6. The number of rotatable bonds is 5. The summed E-state index contributed by atoms with van der Waals surface area (Å²) >= 11 is 0. The second-order valence-corrected chi connectivity index (χ2v) is 7.78. The van der Waals surface area contributed by atoms with E-state index in [0.29, 0.717) is 6.04 Å². The summed E-state index contributed by atoms with van der Waals surface area (Å²) in [5.74, 6) is 0.953. The molecule has 8 nitrogen and oxygen atoms in total. The van der Waals surface area contributed by atoms with Gasteiger partial charge in [-0.2, -0.15) is 0 Å². The number of carbonyl (C=O) groups excluding carboxylic acids is 1. The quantitative estimate of drug-likeness (QED) is 0.712. The molecule has 1 N–H and O–H groups in total. The van der Waals surface area contributed by atoms with E-state index in [4.69, 9.17) is 0 Å². The van der Waals surface area contributed by atoms with Crippen LogP contribution in [0.15, 0.2) is 30.7 Å². The number of anilines is 1. The highest BCUT2D eigenvalue weighted by molar-refractivity contribution is 5.90. The zero-order valence-electron chi connectivity index (χ0n) is 17.4. The van der Waals surface area contributed by atoms with E-state index in [9.17, 15) is 4.79 Å². The largest absolute Gasteiger partial charge is 0.355 e. The topological polar surface area (TPSA) is 78.7 Å². The summed E-state index contributed by atoms with van der Waals surface area (Å²) in [4.78, 5) is 29.6. The maximum atomic E-state index is 12.3. The highest BCUT2D eigenvalue weighted by Gasteiger charge is 2.26. The van der Waals surface area contributed by atoms with Crippen molar-refractivity contribution in [1.29, 1.82) is 0 Å². The molecule has 3 aromatic rings. The molecule has 1 atom stereocenters. The van der Waals surface area contributed by atoms with Crippen molar-refractivity contribution >= 4 is 17.4 Å². The van der Waals surface area contributed by atoms with Crippen molar-refractivity contribution in [2.24, 2.45) is 0 Å². The number of imidazole rings is 1. The fraction of sp³-hybridized carbons (Fsp3) is 0.429. The van der Waals surface area contributed by atoms with Crippen molar-refractivity contribution in [3.05, 3.63) is 53.4 Å². The van der Waals surface area contributed by atoms with Crippen molar-refractivity contribution in [3.8, 4) is 0 Å². The van der Waals surface area contributed by atoms with Gasteiger partial charge >= 0.3 is 0 Å². The van der Waals surface area contributed by atoms with E-state index >= 15 is 0 Å². The third-order valence-electron chi connectivity index (χ3n) is 5.53. The smallest absolute Gasteiger partial charge is 0.291 e. The molecule has 0 saturated carbocycles. The highest BCUT2D eigenvalue weighted by atomic mass is 16.2. The van der Waals surface area contributed by atoms with Crippen molar-refractivity contribution in [1.82, 2.24) is 29.6 Å². The first-order chi connectivity index (χ1) is 13.9. The molecular weight excluding hydrogens is 366 g/mol. The van der Waals surface area contributed by atoms with Crippen LogP contribution in [0.1, 0.15) is 33.9 Å². The Bertz CT molecular complexity index is 1040. The Morgan fingerprint density at radius 2 is 2.10 bits per heavy atom. The molecule has 29 heavy (non-hydrogen) atoms. The molecule has 1 aliphatic rings. The Balaban J connectivity index is 1.47. The van der Waals surface area contributed by atoms with E-state index in [1.807, 2.05) is 42.9 Å². The molecule has 0 aliphatic carbocycles. The van der Waals surface area contributed by atoms with E-state index < -0.39 is 0 Å². The summed E-state index contributed by atoms with van der Waals surface area (Å²) in [6.45, 7) is 6.48. The maximum Gasteiger partial charge on any atom is 0.291 e. The Labute approximate surface area is 170 Å². The normalized spacial score (nSPS) is 16.6. The lowest BCUT2D eigenvalue weighted by atomic mass is 10.2. The fourth-order valence-corrected chi connectivity index (χ4v) is 3.74. The molecule has 4 heterocycles. The minimum Gasteiger partial charge on any atom is -0.355 e. The van der Waals surface area contributed by atoms with E-state index in [-0.39, 0.29) is 11.7 Å². The van der Waals surface area contributed by atoms with Crippen LogP contribution in [0.4, 0.5) is 5.82 Å². The van der Waals surface area contributed by atoms with Gasteiger partial charge in [-0.05, 0) is 26.3 Å². The fourth-order valence-electron chi connectivity index (χ4n) is 3.74. The second kappa shape index (κ2) is 7.79. The first-order valence-corrected chi connectivity index (χ1v) is 9.90. The number of hydrogen-bond donors (Lipinski definition) is 1. The number of pyridine rings is 1. The lowest BCUT2D eigenvalue weighted by Crippen LogP contribution is -2.33. The third kappa shape index (κ3) is 3.80. The molecule has 4 rings (SSSR count). The number of nitrogens with zero attached hydrogens (tertiary/aromatic N) is 6. The average Bonchev–Trinajstić information content (AvgIpc) is 3.37. The number of amides is 1. The van der Waals surface area contributed by atoms with Crippen LogP contribution >= 0.6 is 0 Å².